The van der Waals surface area contributed by atoms with E-state index >= 15 is 0 Å². The van der Waals surface area contributed by atoms with E-state index in [2.05, 4.69) is 9.47 Å². The van der Waals surface area contributed by atoms with Gasteiger partial charge in [-0.15, -0.1) is 0 Å². The fourth-order valence-corrected chi connectivity index (χ4v) is 1.63. The minimum atomic E-state index is -0.0790. The molecule has 1 rings (SSSR count). The molecule has 0 aromatic rings. The van der Waals surface area contributed by atoms with Gasteiger partial charge in [0, 0.05) is 15.9 Å². The average molecular weight is 190 g/mol. The monoisotopic (exact) mass is 190 g/mol. The first-order chi connectivity index (χ1) is 5.76. The number of carbonyl (C=O) groups excluding carboxylic acids is 1. The first kappa shape index (κ1) is 9.94. The second-order valence-electron chi connectivity index (χ2n) is 3.10. The summed E-state index contributed by atoms with van der Waals surface area (Å²) in [5.74, 6) is 0.402. The van der Waals surface area contributed by atoms with Gasteiger partial charge in [0.15, 0.2) is 0 Å². The number of ether oxygens (including phenoxy) is 1. The van der Waals surface area contributed by atoms with Crippen LogP contribution in [0.3, 0.4) is 0 Å². The van der Waals surface area contributed by atoms with Crippen LogP contribution in [0.25, 0.3) is 0 Å². The molecule has 1 saturated carbocycles. The van der Waals surface area contributed by atoms with E-state index in [0.717, 1.165) is 12.8 Å². The molecular weight excluding hydrogens is 175 g/mol. The van der Waals surface area contributed by atoms with Gasteiger partial charge in [-0.3, -0.25) is 4.79 Å². The van der Waals surface area contributed by atoms with Gasteiger partial charge >= 0.3 is 5.97 Å². The molecule has 1 aliphatic carbocycles. The highest BCUT2D eigenvalue weighted by Gasteiger charge is 2.30. The highest BCUT2D eigenvalue weighted by atomic mass is 31.0. The zero-order valence-corrected chi connectivity index (χ0v) is 8.44. The zero-order chi connectivity index (χ0) is 8.97. The van der Waals surface area contributed by atoms with Gasteiger partial charge < -0.3 is 9.26 Å². The van der Waals surface area contributed by atoms with Crippen molar-refractivity contribution in [2.75, 3.05) is 6.61 Å². The molecule has 1 aliphatic rings. The van der Waals surface area contributed by atoms with Crippen molar-refractivity contribution in [2.45, 2.75) is 32.3 Å². The maximum absolute atomic E-state index is 11.0. The molecule has 0 radical (unpaired) electrons. The van der Waals surface area contributed by atoms with Crippen molar-refractivity contribution in [3.8, 4) is 0 Å². The van der Waals surface area contributed by atoms with Gasteiger partial charge in [-0.2, -0.15) is 0 Å². The molecule has 0 bridgehead atoms. The molecule has 0 heterocycles. The van der Waals surface area contributed by atoms with Crippen molar-refractivity contribution < 1.29 is 14.1 Å². The third kappa shape index (κ3) is 2.72. The van der Waals surface area contributed by atoms with Crippen LogP contribution < -0.4 is 0 Å². The molecule has 4 heteroatoms. The van der Waals surface area contributed by atoms with Crippen LogP contribution in [0.2, 0.25) is 0 Å². The quantitative estimate of drug-likeness (QED) is 0.498. The lowest BCUT2D eigenvalue weighted by Gasteiger charge is -2.33. The Morgan fingerprint density at radius 3 is 2.75 bits per heavy atom. The fourth-order valence-electron chi connectivity index (χ4n) is 1.41. The maximum Gasteiger partial charge on any atom is 0.306 e. The first-order valence-electron chi connectivity index (χ1n) is 4.27. The second kappa shape index (κ2) is 4.78. The number of rotatable bonds is 4. The first-order valence-corrected chi connectivity index (χ1v) is 4.74. The topological polar surface area (TPSA) is 35.5 Å². The molecule has 0 saturated heterocycles. The predicted octanol–water partition coefficient (Wildman–Crippen LogP) is 1.52. The van der Waals surface area contributed by atoms with Crippen molar-refractivity contribution in [3.63, 3.8) is 0 Å². The van der Waals surface area contributed by atoms with E-state index in [9.17, 15) is 4.79 Å². The van der Waals surface area contributed by atoms with E-state index in [1.165, 1.54) is 0 Å². The Hall–Kier alpha value is -0.140. The standard InChI is InChI=1S/C8H15O3P/c1-2-10-8(9)5-6-3-7(4-6)11-12/h6-7H,2-5,12H2,1H3. The summed E-state index contributed by atoms with van der Waals surface area (Å²) in [5.41, 5.74) is 0. The van der Waals surface area contributed by atoms with Gasteiger partial charge in [-0.25, -0.2) is 0 Å². The normalized spacial score (nSPS) is 27.8. The van der Waals surface area contributed by atoms with Crippen molar-refractivity contribution in [1.29, 1.82) is 0 Å². The number of hydrogen-bond donors (Lipinski definition) is 0. The summed E-state index contributed by atoms with van der Waals surface area (Å²) in [6.45, 7) is 2.31. The molecule has 1 atom stereocenters. The lowest BCUT2D eigenvalue weighted by atomic mass is 9.80. The Morgan fingerprint density at radius 2 is 2.25 bits per heavy atom. The molecular formula is C8H15O3P. The molecule has 1 fully saturated rings. The van der Waals surface area contributed by atoms with Crippen LogP contribution in [0.4, 0.5) is 0 Å². The molecule has 0 amide bonds. The van der Waals surface area contributed by atoms with Crippen LogP contribution in [0.5, 0.6) is 0 Å². The van der Waals surface area contributed by atoms with Gasteiger partial charge in [0.25, 0.3) is 0 Å². The summed E-state index contributed by atoms with van der Waals surface area (Å²) in [7, 11) is 2.26. The van der Waals surface area contributed by atoms with E-state index in [1.54, 1.807) is 0 Å². The van der Waals surface area contributed by atoms with Gasteiger partial charge in [-0.05, 0) is 25.7 Å². The van der Waals surface area contributed by atoms with Crippen LogP contribution in [-0.2, 0) is 14.1 Å². The molecule has 0 spiro atoms. The van der Waals surface area contributed by atoms with Crippen LogP contribution in [0, 0.1) is 5.92 Å². The van der Waals surface area contributed by atoms with E-state index in [-0.39, 0.29) is 5.97 Å². The third-order valence-electron chi connectivity index (χ3n) is 2.15. The SMILES string of the molecule is CCOC(=O)CC1CC(OP)C1. The van der Waals surface area contributed by atoms with E-state index in [1.807, 2.05) is 6.92 Å². The second-order valence-corrected chi connectivity index (χ2v) is 3.38. The molecule has 0 aromatic carbocycles. The smallest absolute Gasteiger partial charge is 0.306 e. The molecule has 70 valence electrons. The van der Waals surface area contributed by atoms with Crippen molar-refractivity contribution in [2.24, 2.45) is 5.92 Å². The molecule has 0 aromatic heterocycles. The third-order valence-corrected chi connectivity index (χ3v) is 2.53. The highest BCUT2D eigenvalue weighted by Crippen LogP contribution is 2.33. The Bertz CT molecular complexity index is 154. The summed E-state index contributed by atoms with van der Waals surface area (Å²) < 4.78 is 9.85. The molecule has 1 unspecified atom stereocenters. The maximum atomic E-state index is 11.0. The Labute approximate surface area is 75.1 Å². The van der Waals surface area contributed by atoms with E-state index < -0.39 is 0 Å². The summed E-state index contributed by atoms with van der Waals surface area (Å²) in [5, 5.41) is 0. The largest absolute Gasteiger partial charge is 0.466 e. The average Bonchev–Trinajstić information content (AvgIpc) is 1.96. The lowest BCUT2D eigenvalue weighted by molar-refractivity contribution is -0.145. The Balaban J connectivity index is 2.06. The minimum absolute atomic E-state index is 0.0790. The molecule has 0 aliphatic heterocycles. The summed E-state index contributed by atoms with van der Waals surface area (Å²) in [6.07, 6.45) is 2.87. The summed E-state index contributed by atoms with van der Waals surface area (Å²) in [4.78, 5) is 11.0. The van der Waals surface area contributed by atoms with E-state index in [4.69, 9.17) is 9.26 Å². The fraction of sp³-hybridized carbons (Fsp3) is 0.875. The number of carbonyl (C=O) groups is 1. The number of esters is 1. The zero-order valence-electron chi connectivity index (χ0n) is 7.29. The van der Waals surface area contributed by atoms with Gasteiger partial charge in [0.05, 0.1) is 12.7 Å². The van der Waals surface area contributed by atoms with Crippen LogP contribution in [0.15, 0.2) is 0 Å². The number of hydrogen-bond acceptors (Lipinski definition) is 3. The Kier molecular flexibility index (Phi) is 3.96. The van der Waals surface area contributed by atoms with Gasteiger partial charge in [0.1, 0.15) is 0 Å². The molecule has 3 nitrogen and oxygen atoms in total. The van der Waals surface area contributed by atoms with E-state index in [0.29, 0.717) is 25.0 Å². The van der Waals surface area contributed by atoms with Gasteiger partial charge in [0.2, 0.25) is 0 Å². The van der Waals surface area contributed by atoms with Crippen molar-refractivity contribution >= 4 is 15.4 Å². The highest BCUT2D eigenvalue weighted by molar-refractivity contribution is 7.09. The summed E-state index contributed by atoms with van der Waals surface area (Å²) >= 11 is 0. The molecule has 12 heavy (non-hydrogen) atoms. The van der Waals surface area contributed by atoms with Crippen molar-refractivity contribution in [3.05, 3.63) is 0 Å². The van der Waals surface area contributed by atoms with Crippen LogP contribution in [-0.4, -0.2) is 18.7 Å². The minimum Gasteiger partial charge on any atom is -0.466 e. The predicted molar refractivity (Wildman–Crippen MR) is 48.6 cm³/mol. The van der Waals surface area contributed by atoms with Gasteiger partial charge in [-0.1, -0.05) is 0 Å². The van der Waals surface area contributed by atoms with Crippen molar-refractivity contribution in [1.82, 2.24) is 0 Å². The van der Waals surface area contributed by atoms with Crippen LogP contribution in [0.1, 0.15) is 26.2 Å². The van der Waals surface area contributed by atoms with Crippen LogP contribution >= 0.6 is 9.47 Å². The molecule has 0 N–H and O–H groups in total. The summed E-state index contributed by atoms with van der Waals surface area (Å²) in [6, 6.07) is 0. The lowest BCUT2D eigenvalue weighted by Crippen LogP contribution is -2.31. The Morgan fingerprint density at radius 1 is 1.58 bits per heavy atom.